The molecule has 3 rings (SSSR count). The van der Waals surface area contributed by atoms with Gasteiger partial charge in [0.05, 0.1) is 5.38 Å². The van der Waals surface area contributed by atoms with Crippen molar-refractivity contribution in [3.05, 3.63) is 51.6 Å². The van der Waals surface area contributed by atoms with Gasteiger partial charge in [-0.05, 0) is 52.2 Å². The summed E-state index contributed by atoms with van der Waals surface area (Å²) in [5.41, 5.74) is 2.42. The molecule has 1 aromatic heterocycles. The Balaban J connectivity index is 2.01. The highest BCUT2D eigenvalue weighted by Gasteiger charge is 2.29. The fourth-order valence-electron chi connectivity index (χ4n) is 2.07. The third-order valence-electron chi connectivity index (χ3n) is 2.89. The molecule has 1 N–H and O–H groups in total. The lowest BCUT2D eigenvalue weighted by molar-refractivity contribution is -0.115. The molecule has 0 bridgehead atoms. The van der Waals surface area contributed by atoms with E-state index in [9.17, 15) is 4.79 Å². The lowest BCUT2D eigenvalue weighted by Gasteiger charge is -2.11. The maximum Gasteiger partial charge on any atom is 0.256 e. The summed E-state index contributed by atoms with van der Waals surface area (Å²) < 4.78 is 6.03. The second-order valence-corrected chi connectivity index (χ2v) is 5.47. The van der Waals surface area contributed by atoms with Crippen LogP contribution in [0.3, 0.4) is 0 Å². The van der Waals surface area contributed by atoms with E-state index in [0.29, 0.717) is 22.4 Å². The Bertz CT molecular complexity index is 612. The molecular formula is C13H9BrClNO2. The maximum atomic E-state index is 11.9. The van der Waals surface area contributed by atoms with E-state index in [1.807, 2.05) is 12.2 Å². The molecule has 92 valence electrons. The highest BCUT2D eigenvalue weighted by molar-refractivity contribution is 9.10. The van der Waals surface area contributed by atoms with Gasteiger partial charge in [0.1, 0.15) is 5.76 Å². The molecule has 18 heavy (non-hydrogen) atoms. The Morgan fingerprint density at radius 3 is 3.06 bits per heavy atom. The Labute approximate surface area is 117 Å². The van der Waals surface area contributed by atoms with Crippen molar-refractivity contribution in [1.29, 1.82) is 0 Å². The van der Waals surface area contributed by atoms with Gasteiger partial charge in [-0.3, -0.25) is 4.79 Å². The summed E-state index contributed by atoms with van der Waals surface area (Å²) in [6.45, 7) is 0. The minimum atomic E-state index is -0.108. The van der Waals surface area contributed by atoms with E-state index in [1.165, 1.54) is 0 Å². The summed E-state index contributed by atoms with van der Waals surface area (Å²) in [5.74, 6) is 0.532. The minimum Gasteiger partial charge on any atom is -0.450 e. The van der Waals surface area contributed by atoms with Crippen molar-refractivity contribution in [3.8, 4) is 0 Å². The molecule has 1 aromatic rings. The van der Waals surface area contributed by atoms with Crippen molar-refractivity contribution in [3.63, 3.8) is 0 Å². The SMILES string of the molecule is O=C1NC2=C(CC(Cl)C=C2)/C1=C/c1ccc(Br)o1. The van der Waals surface area contributed by atoms with Crippen LogP contribution in [0, 0.1) is 0 Å². The monoisotopic (exact) mass is 325 g/mol. The number of amides is 1. The van der Waals surface area contributed by atoms with Crippen LogP contribution in [0.2, 0.25) is 0 Å². The Morgan fingerprint density at radius 1 is 1.50 bits per heavy atom. The fraction of sp³-hybridized carbons (Fsp3) is 0.154. The number of halogens is 2. The Kier molecular flexibility index (Phi) is 2.92. The standard InChI is InChI=1S/C13H9BrClNO2/c14-12-4-2-8(18-12)6-10-9-5-7(15)1-3-11(9)16-13(10)17/h1-4,6-7H,5H2,(H,16,17)/b10-6-. The van der Waals surface area contributed by atoms with Crippen LogP contribution in [0.1, 0.15) is 12.2 Å². The van der Waals surface area contributed by atoms with E-state index in [-0.39, 0.29) is 11.3 Å². The number of furan rings is 1. The van der Waals surface area contributed by atoms with Crippen molar-refractivity contribution in [2.45, 2.75) is 11.8 Å². The molecule has 1 aliphatic carbocycles. The van der Waals surface area contributed by atoms with Crippen LogP contribution in [0.5, 0.6) is 0 Å². The van der Waals surface area contributed by atoms with E-state index in [2.05, 4.69) is 21.2 Å². The summed E-state index contributed by atoms with van der Waals surface area (Å²) in [5, 5.41) is 2.76. The summed E-state index contributed by atoms with van der Waals surface area (Å²) >= 11 is 9.32. The van der Waals surface area contributed by atoms with Gasteiger partial charge in [-0.1, -0.05) is 6.08 Å². The van der Waals surface area contributed by atoms with Crippen LogP contribution < -0.4 is 5.32 Å². The van der Waals surface area contributed by atoms with Crippen molar-refractivity contribution in [2.24, 2.45) is 0 Å². The Hall–Kier alpha value is -1.26. The minimum absolute atomic E-state index is 0.0665. The fourth-order valence-corrected chi connectivity index (χ4v) is 2.62. The number of alkyl halides is 1. The average Bonchev–Trinajstić information content (AvgIpc) is 2.86. The first-order chi connectivity index (χ1) is 8.63. The van der Waals surface area contributed by atoms with Crippen molar-refractivity contribution < 1.29 is 9.21 Å². The van der Waals surface area contributed by atoms with Crippen LogP contribution in [-0.2, 0) is 4.79 Å². The smallest absolute Gasteiger partial charge is 0.256 e. The molecule has 3 nitrogen and oxygen atoms in total. The molecule has 0 spiro atoms. The first-order valence-electron chi connectivity index (χ1n) is 5.47. The summed E-state index contributed by atoms with van der Waals surface area (Å²) in [7, 11) is 0. The normalized spacial score (nSPS) is 24.7. The Morgan fingerprint density at radius 2 is 2.33 bits per heavy atom. The van der Waals surface area contributed by atoms with E-state index in [1.54, 1.807) is 18.2 Å². The number of allylic oxidation sites excluding steroid dienone is 2. The molecule has 1 atom stereocenters. The van der Waals surface area contributed by atoms with E-state index < -0.39 is 0 Å². The van der Waals surface area contributed by atoms with Gasteiger partial charge in [0.15, 0.2) is 4.67 Å². The molecule has 1 aliphatic heterocycles. The molecule has 0 fully saturated rings. The zero-order valence-corrected chi connectivity index (χ0v) is 11.6. The highest BCUT2D eigenvalue weighted by Crippen LogP contribution is 2.33. The highest BCUT2D eigenvalue weighted by atomic mass is 79.9. The predicted octanol–water partition coefficient (Wildman–Crippen LogP) is 3.38. The first kappa shape index (κ1) is 11.8. The van der Waals surface area contributed by atoms with Gasteiger partial charge in [0.25, 0.3) is 5.91 Å². The van der Waals surface area contributed by atoms with Gasteiger partial charge < -0.3 is 9.73 Å². The number of carbonyl (C=O) groups excluding carboxylic acids is 1. The van der Waals surface area contributed by atoms with Gasteiger partial charge in [0, 0.05) is 11.3 Å². The topological polar surface area (TPSA) is 42.2 Å². The lowest BCUT2D eigenvalue weighted by atomic mass is 9.97. The van der Waals surface area contributed by atoms with Gasteiger partial charge in [0.2, 0.25) is 0 Å². The summed E-state index contributed by atoms with van der Waals surface area (Å²) in [6.07, 6.45) is 6.13. The third kappa shape index (κ3) is 2.06. The zero-order chi connectivity index (χ0) is 12.7. The largest absolute Gasteiger partial charge is 0.450 e. The molecule has 0 saturated heterocycles. The molecule has 5 heteroatoms. The van der Waals surface area contributed by atoms with E-state index in [0.717, 1.165) is 11.3 Å². The van der Waals surface area contributed by atoms with Gasteiger partial charge >= 0.3 is 0 Å². The van der Waals surface area contributed by atoms with Crippen molar-refractivity contribution in [2.75, 3.05) is 0 Å². The van der Waals surface area contributed by atoms with Crippen LogP contribution in [0.25, 0.3) is 6.08 Å². The van der Waals surface area contributed by atoms with Crippen LogP contribution in [0.4, 0.5) is 0 Å². The first-order valence-corrected chi connectivity index (χ1v) is 6.70. The molecule has 1 amide bonds. The molecule has 0 saturated carbocycles. The molecule has 2 aliphatic rings. The number of rotatable bonds is 1. The van der Waals surface area contributed by atoms with Gasteiger partial charge in [-0.2, -0.15) is 0 Å². The van der Waals surface area contributed by atoms with Gasteiger partial charge in [-0.15, -0.1) is 11.6 Å². The van der Waals surface area contributed by atoms with E-state index in [4.69, 9.17) is 16.0 Å². The molecule has 2 heterocycles. The quantitative estimate of drug-likeness (QED) is 0.635. The van der Waals surface area contributed by atoms with Crippen LogP contribution in [-0.4, -0.2) is 11.3 Å². The third-order valence-corrected chi connectivity index (χ3v) is 3.62. The maximum absolute atomic E-state index is 11.9. The van der Waals surface area contributed by atoms with Crippen molar-refractivity contribution >= 4 is 39.5 Å². The summed E-state index contributed by atoms with van der Waals surface area (Å²) in [6, 6.07) is 3.60. The second-order valence-electron chi connectivity index (χ2n) is 4.13. The molecule has 0 radical (unpaired) electrons. The second kappa shape index (κ2) is 4.44. The zero-order valence-electron chi connectivity index (χ0n) is 9.24. The lowest BCUT2D eigenvalue weighted by Crippen LogP contribution is -2.15. The number of nitrogens with one attached hydrogen (secondary N) is 1. The van der Waals surface area contributed by atoms with Crippen LogP contribution in [0.15, 0.2) is 50.2 Å². The number of hydrogen-bond acceptors (Lipinski definition) is 2. The molecule has 1 unspecified atom stereocenters. The average molecular weight is 327 g/mol. The van der Waals surface area contributed by atoms with Crippen LogP contribution >= 0.6 is 27.5 Å². The summed E-state index contributed by atoms with van der Waals surface area (Å²) in [4.78, 5) is 11.9. The number of hydrogen-bond donors (Lipinski definition) is 1. The number of carbonyl (C=O) groups is 1. The van der Waals surface area contributed by atoms with Gasteiger partial charge in [-0.25, -0.2) is 0 Å². The predicted molar refractivity (Wildman–Crippen MR) is 73.0 cm³/mol. The van der Waals surface area contributed by atoms with Crippen molar-refractivity contribution in [1.82, 2.24) is 5.32 Å². The van der Waals surface area contributed by atoms with E-state index >= 15 is 0 Å². The molecule has 0 aromatic carbocycles. The molecular weight excluding hydrogens is 318 g/mol.